The van der Waals surface area contributed by atoms with E-state index in [2.05, 4.69) is 0 Å². The zero-order valence-electron chi connectivity index (χ0n) is 17.6. The van der Waals surface area contributed by atoms with Crippen LogP contribution in [-0.4, -0.2) is 20.4 Å². The fraction of sp³-hybridized carbons (Fsp3) is 0.0769. The Morgan fingerprint density at radius 3 is 1.24 bits per heavy atom. The van der Waals surface area contributed by atoms with Crippen LogP contribution in [0.1, 0.15) is 22.3 Å². The van der Waals surface area contributed by atoms with Crippen LogP contribution in [0.4, 0.5) is 0 Å². The van der Waals surface area contributed by atoms with E-state index < -0.39 is 0 Å². The second kappa shape index (κ2) is 11.6. The molecule has 4 aromatic carbocycles. The molecule has 4 nitrogen and oxygen atoms in total. The van der Waals surface area contributed by atoms with E-state index in [4.69, 9.17) is 51.5 Å². The van der Waals surface area contributed by atoms with Gasteiger partial charge in [-0.05, 0) is 83.9 Å². The van der Waals surface area contributed by atoms with Crippen LogP contribution in [-0.2, 0) is 12.8 Å². The molecule has 0 heterocycles. The highest BCUT2D eigenvalue weighted by Gasteiger charge is 2.14. The second-order valence-electron chi connectivity index (χ2n) is 7.45. The number of benzene rings is 4. The summed E-state index contributed by atoms with van der Waals surface area (Å²) in [6, 6.07) is 19.1. The summed E-state index contributed by atoms with van der Waals surface area (Å²) in [6.07, 6.45) is 0.515. The van der Waals surface area contributed by atoms with Crippen molar-refractivity contribution < 1.29 is 20.4 Å². The van der Waals surface area contributed by atoms with Gasteiger partial charge >= 0.3 is 0 Å². The van der Waals surface area contributed by atoms with Gasteiger partial charge in [-0.15, -0.1) is 0 Å². The van der Waals surface area contributed by atoms with Crippen LogP contribution in [0, 0.1) is 0 Å². The molecule has 0 amide bonds. The quantitative estimate of drug-likeness (QED) is 0.212. The van der Waals surface area contributed by atoms with Crippen LogP contribution < -0.4 is 0 Å². The molecule has 0 unspecified atom stereocenters. The zero-order chi connectivity index (χ0) is 24.8. The molecule has 176 valence electrons. The Bertz CT molecular complexity index is 1200. The van der Waals surface area contributed by atoms with E-state index in [0.717, 1.165) is 0 Å². The van der Waals surface area contributed by atoms with E-state index in [1.807, 2.05) is 0 Å². The predicted octanol–water partition coefficient (Wildman–Crippen LogP) is 7.99. The van der Waals surface area contributed by atoms with Gasteiger partial charge in [-0.1, -0.05) is 46.4 Å². The van der Waals surface area contributed by atoms with Gasteiger partial charge in [0.1, 0.15) is 23.0 Å². The topological polar surface area (TPSA) is 80.9 Å². The lowest BCUT2D eigenvalue weighted by Crippen LogP contribution is -1.96. The normalized spacial score (nSPS) is 10.5. The smallest absolute Gasteiger partial charge is 0.122 e. The van der Waals surface area contributed by atoms with Crippen molar-refractivity contribution in [3.63, 3.8) is 0 Å². The summed E-state index contributed by atoms with van der Waals surface area (Å²) >= 11 is 23.7. The predicted molar refractivity (Wildman–Crippen MR) is 138 cm³/mol. The van der Waals surface area contributed by atoms with Crippen molar-refractivity contribution >= 4 is 46.4 Å². The first-order valence-electron chi connectivity index (χ1n) is 10.0. The Hall–Kier alpha value is -2.76. The molecular weight excluding hydrogens is 518 g/mol. The lowest BCUT2D eigenvalue weighted by molar-refractivity contribution is 0.457. The fourth-order valence-electron chi connectivity index (χ4n) is 3.23. The molecule has 4 aromatic rings. The molecule has 0 saturated carbocycles. The minimum atomic E-state index is 0.0492. The maximum atomic E-state index is 10.7. The number of aromatic hydroxyl groups is 4. The van der Waals surface area contributed by atoms with Crippen LogP contribution in [0.2, 0.25) is 20.1 Å². The van der Waals surface area contributed by atoms with Gasteiger partial charge < -0.3 is 20.4 Å². The zero-order valence-corrected chi connectivity index (χ0v) is 20.7. The van der Waals surface area contributed by atoms with E-state index in [-0.39, 0.29) is 35.8 Å². The maximum absolute atomic E-state index is 10.7. The average molecular weight is 538 g/mol. The van der Waals surface area contributed by atoms with Crippen LogP contribution in [0.15, 0.2) is 72.8 Å². The van der Waals surface area contributed by atoms with Gasteiger partial charge in [0.05, 0.1) is 0 Å². The number of phenolic OH excluding ortho intramolecular Hbond substituents is 4. The summed E-state index contributed by atoms with van der Waals surface area (Å²) in [5.74, 6) is 0.466. The minimum Gasteiger partial charge on any atom is -0.508 e. The Morgan fingerprint density at radius 1 is 0.441 bits per heavy atom. The van der Waals surface area contributed by atoms with Gasteiger partial charge in [-0.25, -0.2) is 0 Å². The number of phenols is 4. The van der Waals surface area contributed by atoms with Crippen LogP contribution in [0.25, 0.3) is 0 Å². The largest absolute Gasteiger partial charge is 0.508 e. The van der Waals surface area contributed by atoms with Crippen LogP contribution in [0.3, 0.4) is 0 Å². The summed E-state index contributed by atoms with van der Waals surface area (Å²) in [5, 5.41) is 41.4. The van der Waals surface area contributed by atoms with E-state index in [0.29, 0.717) is 42.3 Å². The van der Waals surface area contributed by atoms with Crippen molar-refractivity contribution in [1.82, 2.24) is 0 Å². The van der Waals surface area contributed by atoms with Crippen molar-refractivity contribution in [2.45, 2.75) is 12.8 Å². The van der Waals surface area contributed by atoms with Crippen LogP contribution in [0.5, 0.6) is 23.0 Å². The summed E-state index contributed by atoms with van der Waals surface area (Å²) in [6.45, 7) is 0. The summed E-state index contributed by atoms with van der Waals surface area (Å²) < 4.78 is 0. The van der Waals surface area contributed by atoms with Gasteiger partial charge in [0.25, 0.3) is 0 Å². The summed E-state index contributed by atoms with van der Waals surface area (Å²) in [4.78, 5) is 0. The third-order valence-electron chi connectivity index (χ3n) is 4.90. The fourth-order valence-corrected chi connectivity index (χ4v) is 4.01. The molecule has 0 atom stereocenters. The average Bonchev–Trinajstić information content (AvgIpc) is 2.79. The highest BCUT2D eigenvalue weighted by atomic mass is 35.5. The molecule has 0 radical (unpaired) electrons. The van der Waals surface area contributed by atoms with Crippen molar-refractivity contribution in [3.8, 4) is 23.0 Å². The van der Waals surface area contributed by atoms with Crippen molar-refractivity contribution in [2.75, 3.05) is 0 Å². The summed E-state index contributed by atoms with van der Waals surface area (Å²) in [7, 11) is 0. The molecule has 0 fully saturated rings. The molecule has 0 bridgehead atoms. The first-order chi connectivity index (χ1) is 16.1. The first-order valence-corrected chi connectivity index (χ1v) is 11.5. The van der Waals surface area contributed by atoms with Crippen LogP contribution >= 0.6 is 46.4 Å². The standard InChI is InChI=1S/C20H15Cl3O3.C6H5ClO/c21-15-1-3-18(24)11(7-15)5-13-9-17(23)10-14(20(13)26)6-12-8-16(22)2-4-19(12)25;7-5-1-3-6(8)4-2-5/h1-4,7-10,24-26H,5-6H2;1-4,8H. The molecule has 0 spiro atoms. The Balaban J connectivity index is 0.000000343. The van der Waals surface area contributed by atoms with Gasteiger partial charge in [0.15, 0.2) is 0 Å². The number of halogens is 4. The monoisotopic (exact) mass is 536 g/mol. The second-order valence-corrected chi connectivity index (χ2v) is 9.19. The molecule has 4 N–H and O–H groups in total. The Morgan fingerprint density at radius 2 is 0.824 bits per heavy atom. The highest BCUT2D eigenvalue weighted by Crippen LogP contribution is 2.35. The molecule has 0 aliphatic rings. The van der Waals surface area contributed by atoms with E-state index in [9.17, 15) is 15.3 Å². The molecule has 0 aromatic heterocycles. The first kappa shape index (κ1) is 25.9. The molecule has 8 heteroatoms. The van der Waals surface area contributed by atoms with Gasteiger partial charge in [0.2, 0.25) is 0 Å². The van der Waals surface area contributed by atoms with Gasteiger partial charge in [0, 0.05) is 44.1 Å². The molecule has 0 aliphatic carbocycles. The van der Waals surface area contributed by atoms with E-state index in [1.165, 1.54) is 12.1 Å². The van der Waals surface area contributed by atoms with Crippen molar-refractivity contribution in [1.29, 1.82) is 0 Å². The SMILES string of the molecule is Oc1ccc(Cl)cc1.Oc1ccc(Cl)cc1Cc1cc(Cl)cc(Cc2cc(Cl)ccc2O)c1O. The highest BCUT2D eigenvalue weighted by molar-refractivity contribution is 6.31. The van der Waals surface area contributed by atoms with E-state index >= 15 is 0 Å². The summed E-state index contributed by atoms with van der Waals surface area (Å²) in [5.41, 5.74) is 2.25. The van der Waals surface area contributed by atoms with Crippen molar-refractivity contribution in [3.05, 3.63) is 115 Å². The lowest BCUT2D eigenvalue weighted by atomic mass is 9.97. The Labute approximate surface area is 217 Å². The number of rotatable bonds is 4. The third kappa shape index (κ3) is 7.12. The lowest BCUT2D eigenvalue weighted by Gasteiger charge is -2.13. The molecule has 34 heavy (non-hydrogen) atoms. The number of hydrogen-bond donors (Lipinski definition) is 4. The Kier molecular flexibility index (Phi) is 8.81. The molecular formula is C26H20Cl4O4. The van der Waals surface area contributed by atoms with E-state index in [1.54, 1.807) is 60.7 Å². The van der Waals surface area contributed by atoms with Gasteiger partial charge in [-0.3, -0.25) is 0 Å². The molecule has 0 aliphatic heterocycles. The molecule has 0 saturated heterocycles. The van der Waals surface area contributed by atoms with Gasteiger partial charge in [-0.2, -0.15) is 0 Å². The number of hydrogen-bond acceptors (Lipinski definition) is 4. The minimum absolute atomic E-state index is 0.0492. The van der Waals surface area contributed by atoms with Crippen molar-refractivity contribution in [2.24, 2.45) is 0 Å². The molecule has 4 rings (SSSR count). The third-order valence-corrected chi connectivity index (χ3v) is 5.84. The maximum Gasteiger partial charge on any atom is 0.122 e.